The molecule has 3 aromatic carbocycles. The van der Waals surface area contributed by atoms with Gasteiger partial charge in [-0.3, -0.25) is 9.59 Å². The van der Waals surface area contributed by atoms with Gasteiger partial charge in [0.15, 0.2) is 0 Å². The Morgan fingerprint density at radius 1 is 0.771 bits per heavy atom. The second kappa shape index (κ2) is 10.0. The molecule has 1 atom stereocenters. The van der Waals surface area contributed by atoms with E-state index >= 15 is 0 Å². The quantitative estimate of drug-likeness (QED) is 0.579. The molecule has 3 aromatic rings. The highest BCUT2D eigenvalue weighted by Crippen LogP contribution is 2.29. The Morgan fingerprint density at radius 3 is 2.29 bits per heavy atom. The second-order valence-electron chi connectivity index (χ2n) is 8.98. The van der Waals surface area contributed by atoms with Crippen LogP contribution in [0.15, 0.2) is 78.9 Å². The van der Waals surface area contributed by atoms with Gasteiger partial charge in [-0.15, -0.1) is 0 Å². The molecule has 7 heteroatoms. The third-order valence-corrected chi connectivity index (χ3v) is 6.64. The standard InChI is InChI=1S/C28H28N4O3/c33-26(22-8-6-17-31(19-22)28(35)30-23-9-2-1-3-10-23)29-24-14-12-21(13-15-24)27(34)32-18-16-20-7-4-5-11-25(20)32/h1-5,7,9-15,22H,6,8,16-19H2,(H,29,33)(H,30,35). The summed E-state index contributed by atoms with van der Waals surface area (Å²) in [5.41, 5.74) is 4.10. The van der Waals surface area contributed by atoms with E-state index < -0.39 is 0 Å². The number of hydrogen-bond acceptors (Lipinski definition) is 3. The topological polar surface area (TPSA) is 81.8 Å². The summed E-state index contributed by atoms with van der Waals surface area (Å²) in [6.07, 6.45) is 2.36. The molecule has 2 aliphatic rings. The molecule has 1 unspecified atom stereocenters. The minimum absolute atomic E-state index is 0.0415. The smallest absolute Gasteiger partial charge is 0.321 e. The first-order chi connectivity index (χ1) is 17.1. The number of hydrogen-bond donors (Lipinski definition) is 2. The van der Waals surface area contributed by atoms with Gasteiger partial charge in [0.05, 0.1) is 5.92 Å². The zero-order chi connectivity index (χ0) is 24.2. The Balaban J connectivity index is 1.18. The summed E-state index contributed by atoms with van der Waals surface area (Å²) in [5, 5.41) is 5.84. The fourth-order valence-electron chi connectivity index (χ4n) is 4.75. The van der Waals surface area contributed by atoms with Gasteiger partial charge in [-0.25, -0.2) is 4.79 Å². The first-order valence-corrected chi connectivity index (χ1v) is 12.0. The van der Waals surface area contributed by atoms with E-state index in [0.29, 0.717) is 30.9 Å². The maximum absolute atomic E-state index is 13.0. The van der Waals surface area contributed by atoms with Crippen LogP contribution in [0.25, 0.3) is 0 Å². The summed E-state index contributed by atoms with van der Waals surface area (Å²) in [4.78, 5) is 42.1. The molecule has 2 heterocycles. The number of piperidine rings is 1. The second-order valence-corrected chi connectivity index (χ2v) is 8.98. The molecule has 0 radical (unpaired) electrons. The molecular formula is C28H28N4O3. The SMILES string of the molecule is O=C(Nc1ccc(C(=O)N2CCc3ccccc32)cc1)C1CCCN(C(=O)Nc2ccccc2)C1. The fourth-order valence-corrected chi connectivity index (χ4v) is 4.75. The number of amides is 4. The Labute approximate surface area is 204 Å². The lowest BCUT2D eigenvalue weighted by molar-refractivity contribution is -0.121. The molecule has 7 nitrogen and oxygen atoms in total. The van der Waals surface area contributed by atoms with Gasteiger partial charge < -0.3 is 20.4 Å². The molecule has 4 amide bonds. The number of urea groups is 1. The van der Waals surface area contributed by atoms with Crippen molar-refractivity contribution in [1.82, 2.24) is 4.90 Å². The third kappa shape index (κ3) is 5.04. The highest BCUT2D eigenvalue weighted by Gasteiger charge is 2.29. The van der Waals surface area contributed by atoms with Gasteiger partial charge in [0, 0.05) is 42.3 Å². The van der Waals surface area contributed by atoms with Crippen LogP contribution in [-0.2, 0) is 11.2 Å². The number of para-hydroxylation sites is 2. The number of rotatable bonds is 4. The Bertz CT molecular complexity index is 1230. The molecule has 35 heavy (non-hydrogen) atoms. The predicted molar refractivity (Wildman–Crippen MR) is 137 cm³/mol. The molecule has 1 fully saturated rings. The first kappa shape index (κ1) is 22.7. The average molecular weight is 469 g/mol. The minimum Gasteiger partial charge on any atom is -0.326 e. The van der Waals surface area contributed by atoms with Crippen LogP contribution >= 0.6 is 0 Å². The lowest BCUT2D eigenvalue weighted by Gasteiger charge is -2.32. The molecular weight excluding hydrogens is 440 g/mol. The van der Waals surface area contributed by atoms with Crippen molar-refractivity contribution in [3.8, 4) is 0 Å². The molecule has 2 N–H and O–H groups in total. The van der Waals surface area contributed by atoms with E-state index in [-0.39, 0.29) is 23.8 Å². The van der Waals surface area contributed by atoms with Crippen LogP contribution < -0.4 is 15.5 Å². The molecule has 1 saturated heterocycles. The molecule has 0 saturated carbocycles. The van der Waals surface area contributed by atoms with Crippen LogP contribution in [0.4, 0.5) is 21.9 Å². The minimum atomic E-state index is -0.285. The van der Waals surface area contributed by atoms with Gasteiger partial charge in [-0.05, 0) is 67.3 Å². The van der Waals surface area contributed by atoms with E-state index in [0.717, 1.165) is 30.6 Å². The monoisotopic (exact) mass is 468 g/mol. The Kier molecular flexibility index (Phi) is 6.48. The number of carbonyl (C=O) groups is 3. The van der Waals surface area contributed by atoms with Crippen LogP contribution in [0.3, 0.4) is 0 Å². The van der Waals surface area contributed by atoms with Gasteiger partial charge >= 0.3 is 6.03 Å². The summed E-state index contributed by atoms with van der Waals surface area (Å²) in [7, 11) is 0. The first-order valence-electron chi connectivity index (χ1n) is 12.0. The van der Waals surface area contributed by atoms with E-state index in [1.165, 1.54) is 5.56 Å². The van der Waals surface area contributed by atoms with E-state index in [4.69, 9.17) is 0 Å². The number of likely N-dealkylation sites (tertiary alicyclic amines) is 1. The van der Waals surface area contributed by atoms with E-state index in [1.807, 2.05) is 48.5 Å². The van der Waals surface area contributed by atoms with Gasteiger partial charge in [-0.2, -0.15) is 0 Å². The molecule has 0 aliphatic carbocycles. The van der Waals surface area contributed by atoms with Crippen molar-refractivity contribution in [3.05, 3.63) is 90.0 Å². The van der Waals surface area contributed by atoms with Crippen molar-refractivity contribution in [3.63, 3.8) is 0 Å². The zero-order valence-electron chi connectivity index (χ0n) is 19.4. The van der Waals surface area contributed by atoms with Gasteiger partial charge in [0.1, 0.15) is 0 Å². The highest BCUT2D eigenvalue weighted by molar-refractivity contribution is 6.07. The zero-order valence-corrected chi connectivity index (χ0v) is 19.4. The number of carbonyl (C=O) groups excluding carboxylic acids is 3. The number of nitrogens with zero attached hydrogens (tertiary/aromatic N) is 2. The number of nitrogens with one attached hydrogen (secondary N) is 2. The van der Waals surface area contributed by atoms with Gasteiger partial charge in [0.25, 0.3) is 5.91 Å². The maximum Gasteiger partial charge on any atom is 0.321 e. The van der Waals surface area contributed by atoms with Gasteiger partial charge in [-0.1, -0.05) is 36.4 Å². The van der Waals surface area contributed by atoms with Crippen molar-refractivity contribution >= 4 is 34.9 Å². The number of benzene rings is 3. The van der Waals surface area contributed by atoms with Crippen molar-refractivity contribution in [2.75, 3.05) is 35.2 Å². The fraction of sp³-hybridized carbons (Fsp3) is 0.250. The lowest BCUT2D eigenvalue weighted by atomic mass is 9.97. The summed E-state index contributed by atoms with van der Waals surface area (Å²) >= 11 is 0. The molecule has 178 valence electrons. The van der Waals surface area contributed by atoms with Crippen molar-refractivity contribution in [1.29, 1.82) is 0 Å². The van der Waals surface area contributed by atoms with Crippen molar-refractivity contribution < 1.29 is 14.4 Å². The van der Waals surface area contributed by atoms with Crippen LogP contribution in [0.5, 0.6) is 0 Å². The molecule has 0 bridgehead atoms. The summed E-state index contributed by atoms with van der Waals surface area (Å²) < 4.78 is 0. The Morgan fingerprint density at radius 2 is 1.49 bits per heavy atom. The largest absolute Gasteiger partial charge is 0.326 e. The van der Waals surface area contributed by atoms with E-state index in [9.17, 15) is 14.4 Å². The summed E-state index contributed by atoms with van der Waals surface area (Å²) in [5.74, 6) is -0.442. The number of fused-ring (bicyclic) bond motifs is 1. The Hall–Kier alpha value is -4.13. The lowest BCUT2D eigenvalue weighted by Crippen LogP contribution is -2.45. The molecule has 0 spiro atoms. The molecule has 0 aromatic heterocycles. The van der Waals surface area contributed by atoms with Crippen molar-refractivity contribution in [2.24, 2.45) is 5.92 Å². The van der Waals surface area contributed by atoms with Gasteiger partial charge in [0.2, 0.25) is 5.91 Å². The normalized spacial score (nSPS) is 17.0. The highest BCUT2D eigenvalue weighted by atomic mass is 16.2. The van der Waals surface area contributed by atoms with E-state index in [2.05, 4.69) is 16.7 Å². The third-order valence-electron chi connectivity index (χ3n) is 6.64. The molecule has 5 rings (SSSR count). The maximum atomic E-state index is 13.0. The predicted octanol–water partition coefficient (Wildman–Crippen LogP) is 4.77. The van der Waals surface area contributed by atoms with Crippen LogP contribution in [0.2, 0.25) is 0 Å². The summed E-state index contributed by atoms with van der Waals surface area (Å²) in [6.45, 7) is 1.67. The molecule has 2 aliphatic heterocycles. The average Bonchev–Trinajstić information content (AvgIpc) is 3.33. The van der Waals surface area contributed by atoms with Crippen LogP contribution in [0.1, 0.15) is 28.8 Å². The van der Waals surface area contributed by atoms with Crippen LogP contribution in [-0.4, -0.2) is 42.4 Å². The van der Waals surface area contributed by atoms with Crippen LogP contribution in [0, 0.1) is 5.92 Å². The van der Waals surface area contributed by atoms with Crippen molar-refractivity contribution in [2.45, 2.75) is 19.3 Å². The number of anilines is 3. The van der Waals surface area contributed by atoms with E-state index in [1.54, 1.807) is 34.1 Å². The summed E-state index contributed by atoms with van der Waals surface area (Å²) in [6, 6.07) is 24.1.